The third kappa shape index (κ3) is 6.27. The molecule has 36 heavy (non-hydrogen) atoms. The van der Waals surface area contributed by atoms with Crippen LogP contribution in [0.3, 0.4) is 0 Å². The van der Waals surface area contributed by atoms with E-state index < -0.39 is 12.0 Å². The number of rotatable bonds is 8. The third-order valence-corrected chi connectivity index (χ3v) is 6.59. The molecule has 2 heterocycles. The van der Waals surface area contributed by atoms with Gasteiger partial charge in [-0.05, 0) is 42.7 Å². The molecule has 2 aliphatic heterocycles. The van der Waals surface area contributed by atoms with Crippen LogP contribution in [0.5, 0.6) is 0 Å². The van der Waals surface area contributed by atoms with Crippen molar-refractivity contribution < 1.29 is 29.0 Å². The minimum Gasteiger partial charge on any atom is -0.480 e. The molecule has 2 saturated heterocycles. The summed E-state index contributed by atoms with van der Waals surface area (Å²) in [6.45, 7) is 1.20. The van der Waals surface area contributed by atoms with Crippen molar-refractivity contribution in [2.24, 2.45) is 0 Å². The van der Waals surface area contributed by atoms with Crippen LogP contribution < -0.4 is 0 Å². The monoisotopic (exact) mass is 491 g/mol. The molecule has 2 aliphatic rings. The highest BCUT2D eigenvalue weighted by atomic mass is 16.5. The average Bonchev–Trinajstić information content (AvgIpc) is 3.35. The van der Waals surface area contributed by atoms with Gasteiger partial charge in [0.1, 0.15) is 12.6 Å². The van der Waals surface area contributed by atoms with Crippen LogP contribution in [0.4, 0.5) is 0 Å². The molecule has 0 saturated carbocycles. The molecule has 0 radical (unpaired) electrons. The van der Waals surface area contributed by atoms with Crippen LogP contribution in [0.15, 0.2) is 54.6 Å². The first-order chi connectivity index (χ1) is 17.4. The molecule has 2 fully saturated rings. The first kappa shape index (κ1) is 25.4. The van der Waals surface area contributed by atoms with Crippen LogP contribution in [0.25, 0.3) is 0 Å². The van der Waals surface area contributed by atoms with E-state index in [0.29, 0.717) is 56.6 Å². The van der Waals surface area contributed by atoms with Crippen LogP contribution >= 0.6 is 0 Å². The minimum absolute atomic E-state index is 0.139. The van der Waals surface area contributed by atoms with Gasteiger partial charge in [-0.1, -0.05) is 30.3 Å². The Hall–Kier alpha value is -3.74. The average molecular weight is 492 g/mol. The normalized spacial score (nSPS) is 20.2. The van der Waals surface area contributed by atoms with Gasteiger partial charge in [0, 0.05) is 31.6 Å². The first-order valence-electron chi connectivity index (χ1n) is 12.0. The molecule has 9 heteroatoms. The number of piperidine rings is 1. The minimum atomic E-state index is -1.02. The molecule has 0 unspecified atom stereocenters. The topological polar surface area (TPSA) is 120 Å². The fourth-order valence-electron chi connectivity index (χ4n) is 4.66. The van der Waals surface area contributed by atoms with Crippen molar-refractivity contribution in [2.75, 3.05) is 26.2 Å². The van der Waals surface area contributed by atoms with Crippen molar-refractivity contribution in [1.29, 1.82) is 5.26 Å². The maximum absolute atomic E-state index is 13.5. The molecule has 2 amide bonds. The molecule has 0 aromatic heterocycles. The van der Waals surface area contributed by atoms with Gasteiger partial charge in [-0.25, -0.2) is 4.79 Å². The molecule has 0 spiro atoms. The van der Waals surface area contributed by atoms with E-state index in [1.54, 1.807) is 34.1 Å². The molecule has 9 nitrogen and oxygen atoms in total. The number of hydrogen-bond donors (Lipinski definition) is 1. The molecule has 0 aliphatic carbocycles. The van der Waals surface area contributed by atoms with Gasteiger partial charge in [0.05, 0.1) is 30.4 Å². The van der Waals surface area contributed by atoms with E-state index >= 15 is 0 Å². The van der Waals surface area contributed by atoms with Crippen molar-refractivity contribution in [1.82, 2.24) is 9.80 Å². The van der Waals surface area contributed by atoms with Gasteiger partial charge in [-0.2, -0.15) is 5.26 Å². The Morgan fingerprint density at radius 2 is 1.67 bits per heavy atom. The number of carboxylic acids is 1. The number of aliphatic carboxylic acids is 1. The molecule has 2 atom stereocenters. The Morgan fingerprint density at radius 3 is 2.31 bits per heavy atom. The number of carboxylic acid groups (broad SMARTS) is 1. The Labute approximate surface area is 209 Å². The Balaban J connectivity index is 1.44. The summed E-state index contributed by atoms with van der Waals surface area (Å²) in [5.41, 5.74) is 1.88. The SMILES string of the molecule is N#Cc1ccc(C(=O)N2C[C@H](OCc3ccccc3)C[C@H]2C(=O)N2CCC(OCC(=O)O)CC2)cc1. The van der Waals surface area contributed by atoms with E-state index in [9.17, 15) is 14.4 Å². The van der Waals surface area contributed by atoms with Crippen LogP contribution in [0.2, 0.25) is 0 Å². The van der Waals surface area contributed by atoms with Gasteiger partial charge in [0.25, 0.3) is 5.91 Å². The van der Waals surface area contributed by atoms with Gasteiger partial charge < -0.3 is 24.4 Å². The summed E-state index contributed by atoms with van der Waals surface area (Å²) >= 11 is 0. The van der Waals surface area contributed by atoms with Crippen molar-refractivity contribution in [3.8, 4) is 6.07 Å². The lowest BCUT2D eigenvalue weighted by molar-refractivity contribution is -0.147. The quantitative estimate of drug-likeness (QED) is 0.602. The predicted octanol–water partition coefficient (Wildman–Crippen LogP) is 2.45. The van der Waals surface area contributed by atoms with Crippen molar-refractivity contribution in [2.45, 2.75) is 44.1 Å². The number of likely N-dealkylation sites (tertiary alicyclic amines) is 2. The lowest BCUT2D eigenvalue weighted by atomic mass is 10.0. The highest BCUT2D eigenvalue weighted by molar-refractivity contribution is 5.98. The van der Waals surface area contributed by atoms with Crippen LogP contribution in [-0.2, 0) is 25.7 Å². The Bertz CT molecular complexity index is 1110. The zero-order chi connectivity index (χ0) is 25.5. The number of nitrogens with zero attached hydrogens (tertiary/aromatic N) is 3. The molecule has 4 rings (SSSR count). The summed E-state index contributed by atoms with van der Waals surface area (Å²) in [6.07, 6.45) is 0.986. The zero-order valence-corrected chi connectivity index (χ0v) is 19.9. The number of ether oxygens (including phenoxy) is 2. The fourth-order valence-corrected chi connectivity index (χ4v) is 4.66. The summed E-state index contributed by atoms with van der Waals surface area (Å²) in [4.78, 5) is 41.0. The predicted molar refractivity (Wildman–Crippen MR) is 129 cm³/mol. The first-order valence-corrected chi connectivity index (χ1v) is 12.0. The number of hydrogen-bond acceptors (Lipinski definition) is 6. The largest absolute Gasteiger partial charge is 0.480 e. The van der Waals surface area contributed by atoms with Crippen molar-refractivity contribution in [3.05, 3.63) is 71.3 Å². The van der Waals surface area contributed by atoms with Crippen LogP contribution in [0.1, 0.15) is 40.7 Å². The second-order valence-electron chi connectivity index (χ2n) is 9.05. The van der Waals surface area contributed by atoms with Gasteiger partial charge in [0.2, 0.25) is 5.91 Å². The number of carbonyl (C=O) groups is 3. The number of carbonyl (C=O) groups excluding carboxylic acids is 2. The van der Waals surface area contributed by atoms with E-state index in [1.807, 2.05) is 36.4 Å². The highest BCUT2D eigenvalue weighted by Gasteiger charge is 2.42. The fraction of sp³-hybridized carbons (Fsp3) is 0.407. The van der Waals surface area contributed by atoms with Crippen LogP contribution in [0, 0.1) is 11.3 Å². The summed E-state index contributed by atoms with van der Waals surface area (Å²) in [6, 6.07) is 17.5. The van der Waals surface area contributed by atoms with Gasteiger partial charge in [-0.15, -0.1) is 0 Å². The molecular weight excluding hydrogens is 462 g/mol. The number of benzene rings is 2. The lowest BCUT2D eigenvalue weighted by Gasteiger charge is -2.35. The second kappa shape index (κ2) is 11.8. The van der Waals surface area contributed by atoms with Gasteiger partial charge in [0.15, 0.2) is 0 Å². The Kier molecular flexibility index (Phi) is 8.31. The molecule has 2 aromatic carbocycles. The van der Waals surface area contributed by atoms with Crippen LogP contribution in [-0.4, -0.2) is 77.2 Å². The highest BCUT2D eigenvalue weighted by Crippen LogP contribution is 2.27. The van der Waals surface area contributed by atoms with E-state index in [1.165, 1.54) is 0 Å². The maximum Gasteiger partial charge on any atom is 0.329 e. The summed E-state index contributed by atoms with van der Waals surface area (Å²) in [5, 5.41) is 17.9. The summed E-state index contributed by atoms with van der Waals surface area (Å²) < 4.78 is 11.5. The molecule has 188 valence electrons. The summed E-state index contributed by atoms with van der Waals surface area (Å²) in [5.74, 6) is -1.43. The molecule has 1 N–H and O–H groups in total. The van der Waals surface area contributed by atoms with E-state index in [-0.39, 0.29) is 30.6 Å². The number of nitriles is 1. The smallest absolute Gasteiger partial charge is 0.329 e. The Morgan fingerprint density at radius 1 is 0.972 bits per heavy atom. The second-order valence-corrected chi connectivity index (χ2v) is 9.05. The van der Waals surface area contributed by atoms with Gasteiger partial charge >= 0.3 is 5.97 Å². The molecule has 2 aromatic rings. The standard InChI is InChI=1S/C27H29N3O6/c28-15-19-6-8-21(9-7-19)26(33)30-16-23(35-17-20-4-2-1-3-5-20)14-24(30)27(34)29-12-10-22(11-13-29)36-18-25(31)32/h1-9,22-24H,10-14,16-18H2,(H,31,32)/t23-,24+/m1/s1. The summed E-state index contributed by atoms with van der Waals surface area (Å²) in [7, 11) is 0. The van der Waals surface area contributed by atoms with E-state index in [0.717, 1.165) is 5.56 Å². The van der Waals surface area contributed by atoms with Gasteiger partial charge in [-0.3, -0.25) is 9.59 Å². The van der Waals surface area contributed by atoms with E-state index in [2.05, 4.69) is 0 Å². The maximum atomic E-state index is 13.5. The molecular formula is C27H29N3O6. The van der Waals surface area contributed by atoms with Crippen molar-refractivity contribution in [3.63, 3.8) is 0 Å². The third-order valence-electron chi connectivity index (χ3n) is 6.59. The zero-order valence-electron chi connectivity index (χ0n) is 19.9. The molecule has 0 bridgehead atoms. The number of amides is 2. The lowest BCUT2D eigenvalue weighted by Crippen LogP contribution is -2.50. The van der Waals surface area contributed by atoms with Crippen molar-refractivity contribution >= 4 is 17.8 Å². The van der Waals surface area contributed by atoms with E-state index in [4.69, 9.17) is 19.8 Å².